The second-order valence-electron chi connectivity index (χ2n) is 5.04. The number of hydrogen-bond donors (Lipinski definition) is 2. The number of nitrogens with one attached hydrogen (secondary N) is 1. The van der Waals surface area contributed by atoms with E-state index in [9.17, 15) is 14.7 Å². The van der Waals surface area contributed by atoms with E-state index in [0.717, 1.165) is 0 Å². The highest BCUT2D eigenvalue weighted by molar-refractivity contribution is 6.33. The summed E-state index contributed by atoms with van der Waals surface area (Å²) in [6.45, 7) is 1.79. The van der Waals surface area contributed by atoms with Crippen molar-refractivity contribution in [3.8, 4) is 0 Å². The van der Waals surface area contributed by atoms with Gasteiger partial charge in [-0.2, -0.15) is 0 Å². The molecule has 0 aliphatic heterocycles. The first-order valence-corrected chi connectivity index (χ1v) is 7.87. The number of carbonyl (C=O) groups excluding carboxylic acids is 2. The molecule has 0 aromatic heterocycles. The molecule has 0 fully saturated rings. The second kappa shape index (κ2) is 8.47. The predicted octanol–water partition coefficient (Wildman–Crippen LogP) is 2.74. The summed E-state index contributed by atoms with van der Waals surface area (Å²) < 4.78 is 4.97. The number of hydrogen-bond acceptors (Lipinski definition) is 4. The number of benzene rings is 2. The lowest BCUT2D eigenvalue weighted by molar-refractivity contribution is -0.148. The van der Waals surface area contributed by atoms with Crippen LogP contribution in [0.15, 0.2) is 54.6 Å². The summed E-state index contributed by atoms with van der Waals surface area (Å²) in [4.78, 5) is 24.6. The van der Waals surface area contributed by atoms with E-state index in [1.54, 1.807) is 55.5 Å². The minimum Gasteiger partial charge on any atom is -0.464 e. The van der Waals surface area contributed by atoms with Gasteiger partial charge in [0, 0.05) is 0 Å². The van der Waals surface area contributed by atoms with Gasteiger partial charge in [-0.1, -0.05) is 54.1 Å². The van der Waals surface area contributed by atoms with E-state index in [2.05, 4.69) is 5.32 Å². The van der Waals surface area contributed by atoms with Gasteiger partial charge in [0.1, 0.15) is 6.10 Å². The third-order valence-electron chi connectivity index (χ3n) is 3.40. The number of aliphatic hydroxyl groups is 1. The predicted molar refractivity (Wildman–Crippen MR) is 90.7 cm³/mol. The lowest BCUT2D eigenvalue weighted by Crippen LogP contribution is -2.46. The van der Waals surface area contributed by atoms with Crippen molar-refractivity contribution >= 4 is 23.5 Å². The third kappa shape index (κ3) is 4.34. The van der Waals surface area contributed by atoms with Crippen LogP contribution in [0.3, 0.4) is 0 Å². The lowest BCUT2D eigenvalue weighted by Gasteiger charge is -2.23. The Bertz CT molecular complexity index is 705. The SMILES string of the molecule is CCOC(=O)C(NC(=O)c1ccccc1Cl)C(O)c1ccccc1. The van der Waals surface area contributed by atoms with Crippen LogP contribution in [0.1, 0.15) is 28.9 Å². The van der Waals surface area contributed by atoms with Crippen molar-refractivity contribution in [3.05, 3.63) is 70.7 Å². The van der Waals surface area contributed by atoms with Gasteiger partial charge in [-0.05, 0) is 24.6 Å². The highest BCUT2D eigenvalue weighted by Gasteiger charge is 2.31. The molecule has 126 valence electrons. The molecular weight excluding hydrogens is 330 g/mol. The molecule has 5 nitrogen and oxygen atoms in total. The lowest BCUT2D eigenvalue weighted by atomic mass is 10.0. The molecule has 0 radical (unpaired) electrons. The smallest absolute Gasteiger partial charge is 0.331 e. The van der Waals surface area contributed by atoms with Crippen LogP contribution < -0.4 is 5.32 Å². The van der Waals surface area contributed by atoms with Crippen molar-refractivity contribution in [1.29, 1.82) is 0 Å². The van der Waals surface area contributed by atoms with Crippen LogP contribution in [0.5, 0.6) is 0 Å². The quantitative estimate of drug-likeness (QED) is 0.788. The maximum Gasteiger partial charge on any atom is 0.331 e. The normalized spacial score (nSPS) is 13.0. The molecule has 0 heterocycles. The summed E-state index contributed by atoms with van der Waals surface area (Å²) in [5.74, 6) is -1.28. The second-order valence-corrected chi connectivity index (χ2v) is 5.45. The van der Waals surface area contributed by atoms with Gasteiger partial charge in [0.2, 0.25) is 0 Å². The van der Waals surface area contributed by atoms with E-state index < -0.39 is 24.0 Å². The summed E-state index contributed by atoms with van der Waals surface area (Å²) >= 11 is 6.00. The van der Waals surface area contributed by atoms with Gasteiger partial charge in [-0.15, -0.1) is 0 Å². The van der Waals surface area contributed by atoms with Crippen molar-refractivity contribution < 1.29 is 19.4 Å². The fourth-order valence-electron chi connectivity index (χ4n) is 2.21. The number of esters is 1. The average molecular weight is 348 g/mol. The summed E-state index contributed by atoms with van der Waals surface area (Å²) in [6, 6.07) is 13.8. The van der Waals surface area contributed by atoms with Gasteiger partial charge in [-0.25, -0.2) is 4.79 Å². The Balaban J connectivity index is 2.25. The minimum atomic E-state index is -1.24. The van der Waals surface area contributed by atoms with Crippen molar-refractivity contribution in [2.75, 3.05) is 6.61 Å². The van der Waals surface area contributed by atoms with E-state index >= 15 is 0 Å². The topological polar surface area (TPSA) is 75.6 Å². The first-order chi connectivity index (χ1) is 11.5. The van der Waals surface area contributed by atoms with Gasteiger partial charge in [0.15, 0.2) is 6.04 Å². The van der Waals surface area contributed by atoms with Crippen LogP contribution in [0.2, 0.25) is 5.02 Å². The Hall–Kier alpha value is -2.37. The first kappa shape index (κ1) is 18.0. The number of aliphatic hydroxyl groups excluding tert-OH is 1. The van der Waals surface area contributed by atoms with E-state index in [1.807, 2.05) is 0 Å². The molecule has 2 aromatic carbocycles. The van der Waals surface area contributed by atoms with Gasteiger partial charge in [0.25, 0.3) is 5.91 Å². The van der Waals surface area contributed by atoms with Gasteiger partial charge in [-0.3, -0.25) is 4.79 Å². The van der Waals surface area contributed by atoms with Crippen LogP contribution >= 0.6 is 11.6 Å². The largest absolute Gasteiger partial charge is 0.464 e. The fourth-order valence-corrected chi connectivity index (χ4v) is 2.43. The molecule has 0 saturated heterocycles. The molecule has 0 bridgehead atoms. The molecule has 2 rings (SSSR count). The zero-order valence-corrected chi connectivity index (χ0v) is 13.9. The Kier molecular flexibility index (Phi) is 6.35. The molecule has 2 atom stereocenters. The molecule has 0 aliphatic rings. The van der Waals surface area contributed by atoms with Crippen molar-refractivity contribution in [1.82, 2.24) is 5.32 Å². The van der Waals surface area contributed by atoms with Crippen LogP contribution in [0.25, 0.3) is 0 Å². The van der Waals surface area contributed by atoms with E-state index in [-0.39, 0.29) is 17.2 Å². The van der Waals surface area contributed by atoms with Gasteiger partial charge in [0.05, 0.1) is 17.2 Å². The van der Waals surface area contributed by atoms with Crippen LogP contribution in [-0.4, -0.2) is 29.6 Å². The fraction of sp³-hybridized carbons (Fsp3) is 0.222. The molecular formula is C18H18ClNO4. The van der Waals surface area contributed by atoms with Gasteiger partial charge >= 0.3 is 5.97 Å². The Morgan fingerprint density at radius 1 is 1.12 bits per heavy atom. The number of halogens is 1. The van der Waals surface area contributed by atoms with Crippen molar-refractivity contribution in [3.63, 3.8) is 0 Å². The number of rotatable bonds is 6. The molecule has 0 saturated carbocycles. The summed E-state index contributed by atoms with van der Waals surface area (Å²) in [5, 5.41) is 13.3. The molecule has 1 amide bonds. The zero-order chi connectivity index (χ0) is 17.5. The zero-order valence-electron chi connectivity index (χ0n) is 13.1. The standard InChI is InChI=1S/C18H18ClNO4/c1-2-24-18(23)15(16(21)12-8-4-3-5-9-12)20-17(22)13-10-6-7-11-14(13)19/h3-11,15-16,21H,2H2,1H3,(H,20,22). The molecule has 2 unspecified atom stereocenters. The summed E-state index contributed by atoms with van der Waals surface area (Å²) in [5.41, 5.74) is 0.712. The van der Waals surface area contributed by atoms with Crippen molar-refractivity contribution in [2.45, 2.75) is 19.1 Å². The molecule has 2 aromatic rings. The monoisotopic (exact) mass is 347 g/mol. The molecule has 0 aliphatic carbocycles. The Morgan fingerprint density at radius 2 is 1.75 bits per heavy atom. The highest BCUT2D eigenvalue weighted by Crippen LogP contribution is 2.20. The van der Waals surface area contributed by atoms with Crippen LogP contribution in [0.4, 0.5) is 0 Å². The van der Waals surface area contributed by atoms with Crippen LogP contribution in [-0.2, 0) is 9.53 Å². The number of amides is 1. The Labute approximate surface area is 145 Å². The maximum absolute atomic E-state index is 12.4. The molecule has 0 spiro atoms. The third-order valence-corrected chi connectivity index (χ3v) is 3.73. The number of ether oxygens (including phenoxy) is 1. The van der Waals surface area contributed by atoms with Gasteiger partial charge < -0.3 is 15.2 Å². The maximum atomic E-state index is 12.4. The van der Waals surface area contributed by atoms with E-state index in [0.29, 0.717) is 5.56 Å². The summed E-state index contributed by atoms with van der Waals surface area (Å²) in [7, 11) is 0. The highest BCUT2D eigenvalue weighted by atomic mass is 35.5. The molecule has 24 heavy (non-hydrogen) atoms. The van der Waals surface area contributed by atoms with Crippen LogP contribution in [0, 0.1) is 0 Å². The molecule has 6 heteroatoms. The summed E-state index contributed by atoms with van der Waals surface area (Å²) in [6.07, 6.45) is -1.24. The minimum absolute atomic E-state index is 0.138. The van der Waals surface area contributed by atoms with E-state index in [4.69, 9.17) is 16.3 Å². The average Bonchev–Trinajstić information content (AvgIpc) is 2.60. The molecule has 2 N–H and O–H groups in total. The number of carbonyl (C=O) groups is 2. The van der Waals surface area contributed by atoms with E-state index in [1.165, 1.54) is 6.07 Å². The first-order valence-electron chi connectivity index (χ1n) is 7.49. The van der Waals surface area contributed by atoms with Crippen molar-refractivity contribution in [2.24, 2.45) is 0 Å². The Morgan fingerprint density at radius 3 is 2.38 bits per heavy atom.